The highest BCUT2D eigenvalue weighted by molar-refractivity contribution is 5.80. The highest BCUT2D eigenvalue weighted by Gasteiger charge is 2.16. The second kappa shape index (κ2) is 5.68. The van der Waals surface area contributed by atoms with Gasteiger partial charge in [0.2, 0.25) is 0 Å². The Labute approximate surface area is 102 Å². The van der Waals surface area contributed by atoms with Crippen molar-refractivity contribution < 1.29 is 9.53 Å². The Morgan fingerprint density at radius 3 is 2.59 bits per heavy atom. The second-order valence-electron chi connectivity index (χ2n) is 4.20. The molecule has 0 fully saturated rings. The monoisotopic (exact) mass is 236 g/mol. The van der Waals surface area contributed by atoms with Crippen molar-refractivity contribution in [1.82, 2.24) is 5.32 Å². The van der Waals surface area contributed by atoms with Crippen molar-refractivity contribution in [3.8, 4) is 5.75 Å². The molecule has 0 bridgehead atoms. The molecule has 17 heavy (non-hydrogen) atoms. The van der Waals surface area contributed by atoms with E-state index in [0.29, 0.717) is 5.75 Å². The van der Waals surface area contributed by atoms with Gasteiger partial charge in [-0.05, 0) is 32.4 Å². The van der Waals surface area contributed by atoms with E-state index in [9.17, 15) is 4.79 Å². The normalized spacial score (nSPS) is 13.9. The standard InChI is InChI=1S/C13H20N2O2/c1-8-5-6-11(9(2)14)12(7-8)17-10(3)13(16)15-4/h5-7,9-10H,14H2,1-4H3,(H,15,16). The van der Waals surface area contributed by atoms with Gasteiger partial charge in [-0.15, -0.1) is 0 Å². The topological polar surface area (TPSA) is 64.3 Å². The molecule has 1 aromatic carbocycles. The van der Waals surface area contributed by atoms with Crippen LogP contribution in [0.3, 0.4) is 0 Å². The number of carbonyl (C=O) groups is 1. The smallest absolute Gasteiger partial charge is 0.260 e. The van der Waals surface area contributed by atoms with Crippen LogP contribution in [0.1, 0.15) is 31.0 Å². The molecule has 1 amide bonds. The average Bonchev–Trinajstić information content (AvgIpc) is 2.27. The van der Waals surface area contributed by atoms with Gasteiger partial charge in [0.1, 0.15) is 5.75 Å². The maximum absolute atomic E-state index is 11.4. The van der Waals surface area contributed by atoms with Gasteiger partial charge in [-0.2, -0.15) is 0 Å². The molecule has 1 rings (SSSR count). The summed E-state index contributed by atoms with van der Waals surface area (Å²) in [4.78, 5) is 11.4. The summed E-state index contributed by atoms with van der Waals surface area (Å²) < 4.78 is 5.65. The largest absolute Gasteiger partial charge is 0.481 e. The van der Waals surface area contributed by atoms with Crippen molar-refractivity contribution >= 4 is 5.91 Å². The quantitative estimate of drug-likeness (QED) is 0.833. The van der Waals surface area contributed by atoms with E-state index >= 15 is 0 Å². The molecule has 4 nitrogen and oxygen atoms in total. The van der Waals surface area contributed by atoms with Crippen LogP contribution < -0.4 is 15.8 Å². The number of nitrogens with one attached hydrogen (secondary N) is 1. The second-order valence-corrected chi connectivity index (χ2v) is 4.20. The molecule has 0 heterocycles. The third-order valence-electron chi connectivity index (χ3n) is 2.58. The Bertz CT molecular complexity index is 402. The van der Waals surface area contributed by atoms with Crippen molar-refractivity contribution in [2.24, 2.45) is 5.73 Å². The summed E-state index contributed by atoms with van der Waals surface area (Å²) in [6, 6.07) is 5.70. The van der Waals surface area contributed by atoms with Gasteiger partial charge >= 0.3 is 0 Å². The first-order valence-corrected chi connectivity index (χ1v) is 5.70. The van der Waals surface area contributed by atoms with E-state index in [1.54, 1.807) is 14.0 Å². The third kappa shape index (κ3) is 3.46. The number of benzene rings is 1. The van der Waals surface area contributed by atoms with Crippen LogP contribution in [0.2, 0.25) is 0 Å². The minimum Gasteiger partial charge on any atom is -0.481 e. The number of aryl methyl sites for hydroxylation is 1. The molecule has 0 spiro atoms. The number of hydrogen-bond donors (Lipinski definition) is 2. The zero-order chi connectivity index (χ0) is 13.0. The maximum atomic E-state index is 11.4. The van der Waals surface area contributed by atoms with Gasteiger partial charge in [0.15, 0.2) is 6.10 Å². The Balaban J connectivity index is 2.96. The van der Waals surface area contributed by atoms with Crippen LogP contribution in [0.5, 0.6) is 5.75 Å². The van der Waals surface area contributed by atoms with Crippen LogP contribution in [0.25, 0.3) is 0 Å². The van der Waals surface area contributed by atoms with Gasteiger partial charge in [0.25, 0.3) is 5.91 Å². The highest BCUT2D eigenvalue weighted by atomic mass is 16.5. The van der Waals surface area contributed by atoms with Crippen molar-refractivity contribution in [1.29, 1.82) is 0 Å². The lowest BCUT2D eigenvalue weighted by molar-refractivity contribution is -0.126. The average molecular weight is 236 g/mol. The Hall–Kier alpha value is -1.55. The molecule has 0 saturated carbocycles. The van der Waals surface area contributed by atoms with Crippen LogP contribution in [0.15, 0.2) is 18.2 Å². The molecule has 4 heteroatoms. The van der Waals surface area contributed by atoms with Crippen LogP contribution in [0, 0.1) is 6.92 Å². The molecular formula is C13H20N2O2. The minimum absolute atomic E-state index is 0.123. The lowest BCUT2D eigenvalue weighted by Crippen LogP contribution is -2.34. The summed E-state index contributed by atoms with van der Waals surface area (Å²) in [5, 5.41) is 2.55. The van der Waals surface area contributed by atoms with Crippen LogP contribution in [0.4, 0.5) is 0 Å². The molecule has 0 aliphatic heterocycles. The number of hydrogen-bond acceptors (Lipinski definition) is 3. The van der Waals surface area contributed by atoms with Crippen molar-refractivity contribution in [2.75, 3.05) is 7.05 Å². The third-order valence-corrected chi connectivity index (χ3v) is 2.58. The zero-order valence-corrected chi connectivity index (χ0v) is 10.8. The summed E-state index contributed by atoms with van der Waals surface area (Å²) >= 11 is 0. The molecule has 0 aliphatic rings. The van der Waals surface area contributed by atoms with Gasteiger partial charge < -0.3 is 15.8 Å². The van der Waals surface area contributed by atoms with Gasteiger partial charge in [-0.3, -0.25) is 4.79 Å². The first kappa shape index (κ1) is 13.5. The summed E-state index contributed by atoms with van der Waals surface area (Å²) in [5.74, 6) is 0.526. The van der Waals surface area contributed by atoms with E-state index in [1.807, 2.05) is 32.0 Å². The molecular weight excluding hydrogens is 216 g/mol. The molecule has 0 saturated heterocycles. The van der Waals surface area contributed by atoms with Gasteiger partial charge in [0.05, 0.1) is 0 Å². The lowest BCUT2D eigenvalue weighted by Gasteiger charge is -2.18. The Morgan fingerprint density at radius 2 is 2.06 bits per heavy atom. The molecule has 2 atom stereocenters. The van der Waals surface area contributed by atoms with E-state index < -0.39 is 6.10 Å². The molecule has 94 valence electrons. The molecule has 1 aromatic rings. The fourth-order valence-electron chi connectivity index (χ4n) is 1.57. The number of rotatable bonds is 4. The van der Waals surface area contributed by atoms with Crippen LogP contribution >= 0.6 is 0 Å². The number of carbonyl (C=O) groups excluding carboxylic acids is 1. The van der Waals surface area contributed by atoms with E-state index in [-0.39, 0.29) is 11.9 Å². The van der Waals surface area contributed by atoms with Crippen molar-refractivity contribution in [2.45, 2.75) is 32.9 Å². The zero-order valence-electron chi connectivity index (χ0n) is 10.8. The number of nitrogens with two attached hydrogens (primary N) is 1. The van der Waals surface area contributed by atoms with E-state index in [1.165, 1.54) is 0 Å². The Morgan fingerprint density at radius 1 is 1.41 bits per heavy atom. The van der Waals surface area contributed by atoms with Gasteiger partial charge in [0, 0.05) is 18.7 Å². The van der Waals surface area contributed by atoms with Crippen molar-refractivity contribution in [3.05, 3.63) is 29.3 Å². The Kier molecular flexibility index (Phi) is 4.52. The van der Waals surface area contributed by atoms with Gasteiger partial charge in [-0.25, -0.2) is 0 Å². The first-order chi connectivity index (χ1) is 7.95. The van der Waals surface area contributed by atoms with E-state index in [2.05, 4.69) is 5.32 Å². The fourth-order valence-corrected chi connectivity index (χ4v) is 1.57. The van der Waals surface area contributed by atoms with Crippen LogP contribution in [-0.4, -0.2) is 19.1 Å². The van der Waals surface area contributed by atoms with E-state index in [0.717, 1.165) is 11.1 Å². The SMILES string of the molecule is CNC(=O)C(C)Oc1cc(C)ccc1C(C)N. The van der Waals surface area contributed by atoms with Gasteiger partial charge in [-0.1, -0.05) is 12.1 Å². The predicted molar refractivity (Wildman–Crippen MR) is 67.9 cm³/mol. The van der Waals surface area contributed by atoms with Crippen molar-refractivity contribution in [3.63, 3.8) is 0 Å². The predicted octanol–water partition coefficient (Wildman–Crippen LogP) is 1.53. The molecule has 3 N–H and O–H groups in total. The lowest BCUT2D eigenvalue weighted by atomic mass is 10.1. The molecule has 2 unspecified atom stereocenters. The summed E-state index contributed by atoms with van der Waals surface area (Å²) in [6.07, 6.45) is -0.528. The number of likely N-dealkylation sites (N-methyl/N-ethyl adjacent to an activating group) is 1. The maximum Gasteiger partial charge on any atom is 0.260 e. The summed E-state index contributed by atoms with van der Waals surface area (Å²) in [5.41, 5.74) is 7.85. The van der Waals surface area contributed by atoms with E-state index in [4.69, 9.17) is 10.5 Å². The molecule has 0 aliphatic carbocycles. The fraction of sp³-hybridized carbons (Fsp3) is 0.462. The summed E-state index contributed by atoms with van der Waals surface area (Å²) in [7, 11) is 1.59. The summed E-state index contributed by atoms with van der Waals surface area (Å²) in [6.45, 7) is 5.58. The minimum atomic E-state index is -0.528. The van der Waals surface area contributed by atoms with Crippen LogP contribution in [-0.2, 0) is 4.79 Å². The number of amides is 1. The molecule has 0 radical (unpaired) electrons. The molecule has 0 aromatic heterocycles. The first-order valence-electron chi connectivity index (χ1n) is 5.70. The highest BCUT2D eigenvalue weighted by Crippen LogP contribution is 2.26. The number of ether oxygens (including phenoxy) is 1.